The van der Waals surface area contributed by atoms with E-state index in [1.54, 1.807) is 29.8 Å². The van der Waals surface area contributed by atoms with Crippen molar-refractivity contribution in [2.75, 3.05) is 18.6 Å². The molecule has 1 saturated heterocycles. The number of nitrogens with zero attached hydrogens (tertiary/aromatic N) is 3. The Balaban J connectivity index is 1.45. The predicted octanol–water partition coefficient (Wildman–Crippen LogP) is 4.96. The maximum Gasteiger partial charge on any atom is 0.273 e. The monoisotopic (exact) mass is 448 g/mol. The zero-order valence-electron chi connectivity index (χ0n) is 18.0. The fraction of sp³-hybridized carbons (Fsp3) is 0.240. The van der Waals surface area contributed by atoms with Gasteiger partial charge in [0.1, 0.15) is 11.6 Å². The molecule has 6 nitrogen and oxygen atoms in total. The van der Waals surface area contributed by atoms with Crippen LogP contribution in [0.25, 0.3) is 22.3 Å². The molecule has 0 unspecified atom stereocenters. The second-order valence-corrected chi connectivity index (χ2v) is 8.15. The molecule has 1 aliphatic heterocycles. The first-order chi connectivity index (χ1) is 16.0. The van der Waals surface area contributed by atoms with E-state index in [9.17, 15) is 13.6 Å². The van der Waals surface area contributed by atoms with Crippen molar-refractivity contribution < 1.29 is 18.3 Å². The molecule has 1 fully saturated rings. The van der Waals surface area contributed by atoms with Gasteiger partial charge in [-0.3, -0.25) is 14.9 Å². The number of amides is 1. The van der Waals surface area contributed by atoms with Gasteiger partial charge >= 0.3 is 0 Å². The molecular formula is C25H22F2N4O2. The zero-order valence-corrected chi connectivity index (χ0v) is 18.0. The van der Waals surface area contributed by atoms with Gasteiger partial charge in [-0.15, -0.1) is 0 Å². The van der Waals surface area contributed by atoms with Crippen molar-refractivity contribution in [2.24, 2.45) is 0 Å². The highest BCUT2D eigenvalue weighted by atomic mass is 19.1. The Labute approximate surface area is 189 Å². The first-order valence-corrected chi connectivity index (χ1v) is 10.8. The first-order valence-electron chi connectivity index (χ1n) is 10.8. The van der Waals surface area contributed by atoms with Crippen LogP contribution >= 0.6 is 0 Å². The van der Waals surface area contributed by atoms with E-state index in [4.69, 9.17) is 4.74 Å². The summed E-state index contributed by atoms with van der Waals surface area (Å²) in [5.74, 6) is -0.522. The topological polar surface area (TPSA) is 69.0 Å². The van der Waals surface area contributed by atoms with Gasteiger partial charge in [0, 0.05) is 36.6 Å². The van der Waals surface area contributed by atoms with Gasteiger partial charge in [0.05, 0.1) is 16.8 Å². The average molecular weight is 448 g/mol. The van der Waals surface area contributed by atoms with E-state index in [2.05, 4.69) is 15.4 Å². The summed E-state index contributed by atoms with van der Waals surface area (Å²) in [5.41, 5.74) is 5.87. The van der Waals surface area contributed by atoms with Crippen LogP contribution in [0.1, 0.15) is 40.4 Å². The third-order valence-corrected chi connectivity index (χ3v) is 5.99. The fourth-order valence-electron chi connectivity index (χ4n) is 4.28. The molecule has 0 radical (unpaired) electrons. The Morgan fingerprint density at radius 1 is 1.12 bits per heavy atom. The van der Waals surface area contributed by atoms with Gasteiger partial charge in [-0.05, 0) is 61.6 Å². The molecule has 3 heterocycles. The lowest BCUT2D eigenvalue weighted by Gasteiger charge is -2.21. The van der Waals surface area contributed by atoms with Crippen molar-refractivity contribution in [3.8, 4) is 11.4 Å². The first kappa shape index (κ1) is 21.2. The summed E-state index contributed by atoms with van der Waals surface area (Å²) in [5, 5.41) is 0.775. The minimum absolute atomic E-state index is 0.233. The molecule has 0 atom stereocenters. The normalized spacial score (nSPS) is 14.5. The van der Waals surface area contributed by atoms with Crippen molar-refractivity contribution in [2.45, 2.75) is 25.7 Å². The maximum absolute atomic E-state index is 14.0. The SMILES string of the molecule is Cc1nc(-c2cccc(F)c2)ncc1C(=O)Nn1cc(C2CCOCC2)c2cc(F)ccc21. The number of aromatic nitrogens is 3. The van der Waals surface area contributed by atoms with Crippen molar-refractivity contribution in [3.05, 3.63) is 83.3 Å². The standard InChI is InChI=1S/C25H22F2N4O2/c1-15-21(13-28-24(29-15)17-3-2-4-18(26)11-17)25(32)30-31-14-22(16-7-9-33-10-8-16)20-12-19(27)5-6-23(20)31/h2-6,11-14,16H,7-10H2,1H3,(H,30,32). The molecule has 33 heavy (non-hydrogen) atoms. The lowest BCUT2D eigenvalue weighted by Crippen LogP contribution is -2.23. The summed E-state index contributed by atoms with van der Waals surface area (Å²) in [6.45, 7) is 3.02. The molecule has 2 aromatic carbocycles. The summed E-state index contributed by atoms with van der Waals surface area (Å²) < 4.78 is 34.6. The molecule has 1 amide bonds. The number of nitrogens with one attached hydrogen (secondary N) is 1. The van der Waals surface area contributed by atoms with Crippen LogP contribution in [-0.2, 0) is 4.74 Å². The molecule has 0 spiro atoms. The third-order valence-electron chi connectivity index (χ3n) is 5.99. The fourth-order valence-corrected chi connectivity index (χ4v) is 4.28. The van der Waals surface area contributed by atoms with Gasteiger partial charge < -0.3 is 4.74 Å². The Kier molecular flexibility index (Phi) is 5.60. The molecule has 1 aliphatic rings. The Hall–Kier alpha value is -3.65. The average Bonchev–Trinajstić information content (AvgIpc) is 3.16. The van der Waals surface area contributed by atoms with Gasteiger partial charge in [0.2, 0.25) is 0 Å². The quantitative estimate of drug-likeness (QED) is 0.479. The van der Waals surface area contributed by atoms with Crippen LogP contribution in [0.4, 0.5) is 8.78 Å². The molecule has 2 aromatic heterocycles. The van der Waals surface area contributed by atoms with Gasteiger partial charge in [0.15, 0.2) is 5.82 Å². The smallest absolute Gasteiger partial charge is 0.273 e. The number of ether oxygens (including phenoxy) is 1. The molecule has 4 aromatic rings. The van der Waals surface area contributed by atoms with Gasteiger partial charge in [-0.2, -0.15) is 0 Å². The summed E-state index contributed by atoms with van der Waals surface area (Å²) in [6, 6.07) is 10.5. The lowest BCUT2D eigenvalue weighted by molar-refractivity contribution is 0.0855. The predicted molar refractivity (Wildman–Crippen MR) is 121 cm³/mol. The van der Waals surface area contributed by atoms with Crippen LogP contribution in [0.5, 0.6) is 0 Å². The molecule has 5 rings (SSSR count). The summed E-state index contributed by atoms with van der Waals surface area (Å²) in [7, 11) is 0. The zero-order chi connectivity index (χ0) is 22.9. The Morgan fingerprint density at radius 2 is 1.91 bits per heavy atom. The number of aryl methyl sites for hydroxylation is 1. The van der Waals surface area contributed by atoms with Gasteiger partial charge in [-0.25, -0.2) is 18.7 Å². The van der Waals surface area contributed by atoms with Crippen molar-refractivity contribution in [1.82, 2.24) is 14.6 Å². The van der Waals surface area contributed by atoms with E-state index in [1.807, 2.05) is 6.20 Å². The number of rotatable bonds is 4. The summed E-state index contributed by atoms with van der Waals surface area (Å²) in [4.78, 5) is 21.7. The minimum atomic E-state index is -0.391. The highest BCUT2D eigenvalue weighted by molar-refractivity contribution is 6.01. The lowest BCUT2D eigenvalue weighted by atomic mass is 9.91. The van der Waals surface area contributed by atoms with E-state index < -0.39 is 5.91 Å². The molecule has 8 heteroatoms. The van der Waals surface area contributed by atoms with Crippen molar-refractivity contribution in [3.63, 3.8) is 0 Å². The van der Waals surface area contributed by atoms with Crippen LogP contribution in [0, 0.1) is 18.6 Å². The van der Waals surface area contributed by atoms with E-state index >= 15 is 0 Å². The van der Waals surface area contributed by atoms with Crippen molar-refractivity contribution >= 4 is 16.8 Å². The van der Waals surface area contributed by atoms with Crippen LogP contribution in [0.2, 0.25) is 0 Å². The molecular weight excluding hydrogens is 426 g/mol. The highest BCUT2D eigenvalue weighted by Crippen LogP contribution is 2.34. The van der Waals surface area contributed by atoms with E-state index in [0.717, 1.165) is 23.8 Å². The summed E-state index contributed by atoms with van der Waals surface area (Å²) >= 11 is 0. The highest BCUT2D eigenvalue weighted by Gasteiger charge is 2.22. The number of hydrogen-bond acceptors (Lipinski definition) is 4. The van der Waals surface area contributed by atoms with E-state index in [0.29, 0.717) is 41.4 Å². The largest absolute Gasteiger partial charge is 0.381 e. The molecule has 168 valence electrons. The second-order valence-electron chi connectivity index (χ2n) is 8.15. The van der Waals surface area contributed by atoms with Crippen LogP contribution in [0.3, 0.4) is 0 Å². The number of carbonyl (C=O) groups excluding carboxylic acids is 1. The Bertz CT molecular complexity index is 1350. The van der Waals surface area contributed by atoms with Crippen molar-refractivity contribution in [1.29, 1.82) is 0 Å². The Morgan fingerprint density at radius 3 is 2.67 bits per heavy atom. The number of carbonyl (C=O) groups is 1. The molecule has 1 N–H and O–H groups in total. The van der Waals surface area contributed by atoms with Crippen LogP contribution in [-0.4, -0.2) is 33.8 Å². The molecule has 0 saturated carbocycles. The molecule has 0 aliphatic carbocycles. The summed E-state index contributed by atoms with van der Waals surface area (Å²) in [6.07, 6.45) is 4.98. The van der Waals surface area contributed by atoms with Gasteiger partial charge in [0.25, 0.3) is 5.91 Å². The number of hydrogen-bond donors (Lipinski definition) is 1. The van der Waals surface area contributed by atoms with E-state index in [-0.39, 0.29) is 17.6 Å². The number of fused-ring (bicyclic) bond motifs is 1. The minimum Gasteiger partial charge on any atom is -0.381 e. The molecule has 0 bridgehead atoms. The van der Waals surface area contributed by atoms with Crippen LogP contribution < -0.4 is 5.43 Å². The number of halogens is 2. The van der Waals surface area contributed by atoms with E-state index in [1.165, 1.54) is 30.5 Å². The third kappa shape index (κ3) is 4.21. The second kappa shape index (κ2) is 8.71. The van der Waals surface area contributed by atoms with Gasteiger partial charge in [-0.1, -0.05) is 12.1 Å². The number of benzene rings is 2. The van der Waals surface area contributed by atoms with Crippen LogP contribution in [0.15, 0.2) is 54.9 Å². The maximum atomic E-state index is 14.0.